The molecule has 4 rings (SSSR count). The van der Waals surface area contributed by atoms with Gasteiger partial charge >= 0.3 is 18.0 Å². The lowest BCUT2D eigenvalue weighted by Crippen LogP contribution is -2.50. The number of carbonyl (C=O) groups is 6. The Labute approximate surface area is 341 Å². The number of rotatable bonds is 24. The van der Waals surface area contributed by atoms with Gasteiger partial charge in [-0.1, -0.05) is 75.3 Å². The molecule has 0 radical (unpaired) electrons. The maximum Gasteiger partial charge on any atom is 0.326 e. The third-order valence-electron chi connectivity index (χ3n) is 9.58. The molecule has 17 heteroatoms. The SMILES string of the molecule is Cc1ccc(F)c(NC(=O)Nc2ccc(-c3cccc4[nH]nc(NC(=O)CCCCCCCCCCCNC(=O)C[C@H](N)C(=O)N[C@@H](CCC(=O)O)C(=O)O)c34)cc2)c1. The minimum atomic E-state index is -1.40. The number of nitrogens with two attached hydrogens (primary N) is 1. The number of urea groups is 1. The molecule has 0 aliphatic rings. The molecule has 0 saturated heterocycles. The van der Waals surface area contributed by atoms with Gasteiger partial charge in [-0.15, -0.1) is 0 Å². The summed E-state index contributed by atoms with van der Waals surface area (Å²) in [6, 6.07) is 14.1. The molecular formula is C42H53FN8O8. The van der Waals surface area contributed by atoms with Crippen LogP contribution in [0.25, 0.3) is 22.0 Å². The summed E-state index contributed by atoms with van der Waals surface area (Å²) in [6.45, 7) is 2.23. The van der Waals surface area contributed by atoms with E-state index in [1.807, 2.05) is 37.3 Å². The molecule has 0 fully saturated rings. The van der Waals surface area contributed by atoms with Crippen molar-refractivity contribution >= 4 is 63.8 Å². The second-order valence-electron chi connectivity index (χ2n) is 14.4. The van der Waals surface area contributed by atoms with Crippen molar-refractivity contribution in [2.75, 3.05) is 22.5 Å². The van der Waals surface area contributed by atoms with Crippen LogP contribution in [0.3, 0.4) is 0 Å². The first-order valence-electron chi connectivity index (χ1n) is 19.8. The van der Waals surface area contributed by atoms with E-state index in [1.165, 1.54) is 6.07 Å². The molecule has 316 valence electrons. The highest BCUT2D eigenvalue weighted by atomic mass is 19.1. The summed E-state index contributed by atoms with van der Waals surface area (Å²) in [5.41, 5.74) is 9.63. The highest BCUT2D eigenvalue weighted by molar-refractivity contribution is 6.07. The number of hydrogen-bond acceptors (Lipinski definition) is 8. The number of aliphatic carboxylic acids is 2. The number of aryl methyl sites for hydroxylation is 1. The van der Waals surface area contributed by atoms with Crippen LogP contribution in [-0.2, 0) is 24.0 Å². The Bertz CT molecular complexity index is 2070. The Morgan fingerprint density at radius 1 is 0.797 bits per heavy atom. The van der Waals surface area contributed by atoms with Crippen LogP contribution in [0, 0.1) is 12.7 Å². The first-order chi connectivity index (χ1) is 28.3. The van der Waals surface area contributed by atoms with E-state index in [4.69, 9.17) is 15.9 Å². The lowest BCUT2D eigenvalue weighted by molar-refractivity contribution is -0.143. The molecule has 0 saturated carbocycles. The number of benzene rings is 3. The zero-order valence-electron chi connectivity index (χ0n) is 33.1. The molecular weight excluding hydrogens is 764 g/mol. The summed E-state index contributed by atoms with van der Waals surface area (Å²) in [5.74, 6) is -4.04. The third-order valence-corrected chi connectivity index (χ3v) is 9.58. The van der Waals surface area contributed by atoms with E-state index >= 15 is 0 Å². The van der Waals surface area contributed by atoms with Crippen molar-refractivity contribution in [2.45, 2.75) is 102 Å². The van der Waals surface area contributed by atoms with Crippen LogP contribution in [0.2, 0.25) is 0 Å². The number of nitrogens with zero attached hydrogens (tertiary/aromatic N) is 1. The van der Waals surface area contributed by atoms with E-state index in [-0.39, 0.29) is 24.4 Å². The largest absolute Gasteiger partial charge is 0.481 e. The third kappa shape index (κ3) is 15.2. The highest BCUT2D eigenvalue weighted by Gasteiger charge is 2.25. The minimum Gasteiger partial charge on any atom is -0.481 e. The molecule has 1 aromatic heterocycles. The number of aromatic amines is 1. The number of carbonyl (C=O) groups excluding carboxylic acids is 4. The smallest absolute Gasteiger partial charge is 0.326 e. The van der Waals surface area contributed by atoms with Gasteiger partial charge in [-0.2, -0.15) is 5.10 Å². The zero-order chi connectivity index (χ0) is 42.7. The van der Waals surface area contributed by atoms with E-state index in [9.17, 15) is 33.2 Å². The van der Waals surface area contributed by atoms with Crippen molar-refractivity contribution in [3.8, 4) is 11.1 Å². The van der Waals surface area contributed by atoms with Gasteiger partial charge in [0.25, 0.3) is 0 Å². The molecule has 0 bridgehead atoms. The number of amides is 5. The summed E-state index contributed by atoms with van der Waals surface area (Å²) in [7, 11) is 0. The maximum absolute atomic E-state index is 14.1. The van der Waals surface area contributed by atoms with Crippen LogP contribution in [-0.4, -0.2) is 74.7 Å². The van der Waals surface area contributed by atoms with Gasteiger partial charge in [0, 0.05) is 25.1 Å². The summed E-state index contributed by atoms with van der Waals surface area (Å²) < 4.78 is 14.1. The van der Waals surface area contributed by atoms with E-state index in [0.717, 1.165) is 85.4 Å². The quantitative estimate of drug-likeness (QED) is 0.0350. The maximum atomic E-state index is 14.1. The number of carboxylic acids is 2. The molecule has 0 aliphatic carbocycles. The normalized spacial score (nSPS) is 12.0. The van der Waals surface area contributed by atoms with Crippen molar-refractivity contribution in [2.24, 2.45) is 5.73 Å². The number of fused-ring (bicyclic) bond motifs is 1. The average molecular weight is 817 g/mol. The Hall–Kier alpha value is -6.36. The minimum absolute atomic E-state index is 0.0904. The highest BCUT2D eigenvalue weighted by Crippen LogP contribution is 2.33. The summed E-state index contributed by atoms with van der Waals surface area (Å²) in [4.78, 5) is 71.7. The number of hydrogen-bond donors (Lipinski definition) is 9. The molecule has 16 nitrogen and oxygen atoms in total. The summed E-state index contributed by atoms with van der Waals surface area (Å²) in [5, 5.41) is 39.1. The number of anilines is 3. The number of unbranched alkanes of at least 4 members (excludes halogenated alkanes) is 8. The van der Waals surface area contributed by atoms with Crippen molar-refractivity contribution in [3.63, 3.8) is 0 Å². The average Bonchev–Trinajstić information content (AvgIpc) is 3.60. The van der Waals surface area contributed by atoms with Gasteiger partial charge in [0.15, 0.2) is 5.82 Å². The lowest BCUT2D eigenvalue weighted by Gasteiger charge is -2.17. The molecule has 4 aromatic rings. The predicted octanol–water partition coefficient (Wildman–Crippen LogP) is 6.43. The molecule has 0 spiro atoms. The topological polar surface area (TPSA) is 258 Å². The molecule has 5 amide bonds. The van der Waals surface area contributed by atoms with E-state index < -0.39 is 54.1 Å². The Morgan fingerprint density at radius 3 is 2.15 bits per heavy atom. The van der Waals surface area contributed by atoms with Gasteiger partial charge in [0.1, 0.15) is 11.9 Å². The van der Waals surface area contributed by atoms with Crippen molar-refractivity contribution in [1.29, 1.82) is 0 Å². The van der Waals surface area contributed by atoms with E-state index in [1.54, 1.807) is 24.3 Å². The second kappa shape index (κ2) is 23.1. The van der Waals surface area contributed by atoms with Crippen molar-refractivity contribution in [1.82, 2.24) is 20.8 Å². The molecule has 1 heterocycles. The molecule has 3 aromatic carbocycles. The zero-order valence-corrected chi connectivity index (χ0v) is 33.1. The molecule has 59 heavy (non-hydrogen) atoms. The van der Waals surface area contributed by atoms with Crippen LogP contribution < -0.4 is 32.3 Å². The monoisotopic (exact) mass is 816 g/mol. The van der Waals surface area contributed by atoms with Gasteiger partial charge in [-0.05, 0) is 73.2 Å². The van der Waals surface area contributed by atoms with Crippen LogP contribution in [0.4, 0.5) is 26.4 Å². The van der Waals surface area contributed by atoms with Gasteiger partial charge in [0.2, 0.25) is 17.7 Å². The van der Waals surface area contributed by atoms with Gasteiger partial charge in [-0.25, -0.2) is 14.0 Å². The number of nitrogens with one attached hydrogen (secondary N) is 6. The molecule has 0 unspecified atom stereocenters. The Kier molecular flexibility index (Phi) is 17.8. The lowest BCUT2D eigenvalue weighted by atomic mass is 10.0. The summed E-state index contributed by atoms with van der Waals surface area (Å²) in [6.07, 6.45) is 7.82. The number of H-pyrrole nitrogens is 1. The molecule has 10 N–H and O–H groups in total. The van der Waals surface area contributed by atoms with Crippen molar-refractivity contribution in [3.05, 3.63) is 72.0 Å². The van der Waals surface area contributed by atoms with Crippen molar-refractivity contribution < 1.29 is 43.4 Å². The van der Waals surface area contributed by atoms with Crippen LogP contribution >= 0.6 is 0 Å². The first kappa shape index (κ1) is 45.3. The first-order valence-corrected chi connectivity index (χ1v) is 19.8. The number of halogens is 1. The van der Waals surface area contributed by atoms with E-state index in [2.05, 4.69) is 36.8 Å². The van der Waals surface area contributed by atoms with Crippen LogP contribution in [0.1, 0.15) is 89.0 Å². The van der Waals surface area contributed by atoms with Gasteiger partial charge < -0.3 is 42.5 Å². The fourth-order valence-electron chi connectivity index (χ4n) is 6.40. The fraction of sp³-hybridized carbons (Fsp3) is 0.405. The predicted molar refractivity (Wildman–Crippen MR) is 222 cm³/mol. The van der Waals surface area contributed by atoms with E-state index in [0.29, 0.717) is 24.5 Å². The van der Waals surface area contributed by atoms with Crippen LogP contribution in [0.5, 0.6) is 0 Å². The number of aromatic nitrogens is 2. The summed E-state index contributed by atoms with van der Waals surface area (Å²) >= 11 is 0. The standard InChI is InChI=1S/C42H53FN8O8/c1-26-15-20-30(43)34(24-26)48-42(59)46-28-18-16-27(17-19-28)29-12-11-13-32-38(29)39(51-50-32)49-35(52)14-9-7-5-3-2-4-6-8-10-23-45-36(53)25-31(44)40(56)47-33(41(57)58)21-22-37(54)55/h11-13,15-20,24,31,33H,2-10,14,21-23,25,44H2,1H3,(H,45,53)(H,47,56)(H,54,55)(H,57,58)(H2,46,48,59)(H2,49,50,51,52)/t31-,33-/m0/s1. The molecule has 0 aliphatic heterocycles. The second-order valence-corrected chi connectivity index (χ2v) is 14.4. The fourth-order valence-corrected chi connectivity index (χ4v) is 6.40. The number of carboxylic acid groups (broad SMARTS) is 2. The Morgan fingerprint density at radius 2 is 1.47 bits per heavy atom. The molecule has 2 atom stereocenters. The Balaban J connectivity index is 1.08. The van der Waals surface area contributed by atoms with Crippen LogP contribution in [0.15, 0.2) is 60.7 Å². The van der Waals surface area contributed by atoms with Gasteiger partial charge in [0.05, 0.1) is 29.1 Å². The van der Waals surface area contributed by atoms with Gasteiger partial charge in [-0.3, -0.25) is 24.3 Å².